The van der Waals surface area contributed by atoms with E-state index >= 15 is 0 Å². The van der Waals surface area contributed by atoms with Gasteiger partial charge in [0.25, 0.3) is 0 Å². The predicted octanol–water partition coefficient (Wildman–Crippen LogP) is 6.14. The molecule has 4 nitrogen and oxygen atoms in total. The maximum atomic E-state index is 11.2. The molecule has 2 atom stereocenters. The normalized spacial score (nSPS) is 18.7. The minimum absolute atomic E-state index is 0. The molecule has 6 heteroatoms. The quantitative estimate of drug-likeness (QED) is 0.313. The molecule has 2 unspecified atom stereocenters. The second kappa shape index (κ2) is 13.9. The van der Waals surface area contributed by atoms with Crippen LogP contribution in [-0.4, -0.2) is 34.7 Å². The van der Waals surface area contributed by atoms with Crippen LogP contribution < -0.4 is 12.4 Å². The minimum atomic E-state index is -0.179. The van der Waals surface area contributed by atoms with Crippen molar-refractivity contribution in [3.63, 3.8) is 0 Å². The van der Waals surface area contributed by atoms with E-state index in [1.165, 1.54) is 11.1 Å². The van der Waals surface area contributed by atoms with Crippen LogP contribution in [0.2, 0.25) is 0 Å². The van der Waals surface area contributed by atoms with E-state index in [0.717, 1.165) is 47.9 Å². The minimum Gasteiger partial charge on any atom is -1.00 e. The van der Waals surface area contributed by atoms with Crippen molar-refractivity contribution in [3.05, 3.63) is 57.6 Å². The summed E-state index contributed by atoms with van der Waals surface area (Å²) in [6.07, 6.45) is 7.90. The average Bonchev–Trinajstić information content (AvgIpc) is 2.80. The number of phenolic OH excluding ortho intramolecular Hbond substituents is 2. The van der Waals surface area contributed by atoms with Crippen LogP contribution in [0.15, 0.2) is 34.3 Å². The SMILES string of the molecule is CC(C)(C)c1cc(C=NC2CCCCC2N=Cc2cc(C(C)(C)C)cc(C(C)(C)C)c2O)c(O)c(C(C)(C)C)c1.[Cl-].[Mn]. The molecule has 2 aromatic carbocycles. The third-order valence-electron chi connectivity index (χ3n) is 8.13. The van der Waals surface area contributed by atoms with Crippen molar-refractivity contribution in [3.8, 4) is 11.5 Å². The molecule has 1 aliphatic carbocycles. The van der Waals surface area contributed by atoms with E-state index < -0.39 is 0 Å². The maximum Gasteiger partial charge on any atom is 0.128 e. The Labute approximate surface area is 272 Å². The molecule has 0 heterocycles. The summed E-state index contributed by atoms with van der Waals surface area (Å²) in [5.74, 6) is 0.637. The fourth-order valence-electron chi connectivity index (χ4n) is 5.31. The first kappa shape index (κ1) is 38.2. The topological polar surface area (TPSA) is 65.2 Å². The molecule has 0 amide bonds. The number of halogens is 1. The molecular formula is C36H54ClMnN2O2-. The largest absolute Gasteiger partial charge is 1.00 e. The monoisotopic (exact) mass is 636 g/mol. The average molecular weight is 637 g/mol. The number of hydrogen-bond acceptors (Lipinski definition) is 4. The molecule has 2 aromatic rings. The molecule has 0 aromatic heterocycles. The Balaban J connectivity index is 0.00000441. The smallest absolute Gasteiger partial charge is 0.128 e. The van der Waals surface area contributed by atoms with E-state index in [9.17, 15) is 10.2 Å². The Hall–Kier alpha value is -1.81. The summed E-state index contributed by atoms with van der Waals surface area (Å²) in [5, 5.41) is 22.5. The first-order valence-electron chi connectivity index (χ1n) is 15.0. The Morgan fingerprint density at radius 3 is 1.14 bits per heavy atom. The van der Waals surface area contributed by atoms with Crippen molar-refractivity contribution in [2.24, 2.45) is 9.98 Å². The summed E-state index contributed by atoms with van der Waals surface area (Å²) in [7, 11) is 0. The van der Waals surface area contributed by atoms with Gasteiger partial charge in [0, 0.05) is 51.8 Å². The summed E-state index contributed by atoms with van der Waals surface area (Å²) >= 11 is 0. The van der Waals surface area contributed by atoms with Crippen molar-refractivity contribution in [2.45, 2.75) is 143 Å². The van der Waals surface area contributed by atoms with E-state index in [2.05, 4.69) is 107 Å². The summed E-state index contributed by atoms with van der Waals surface area (Å²) < 4.78 is 0. The van der Waals surface area contributed by atoms with Gasteiger partial charge in [0.1, 0.15) is 11.5 Å². The second-order valence-electron chi connectivity index (χ2n) is 15.9. The zero-order valence-corrected chi connectivity index (χ0v) is 29.9. The molecule has 42 heavy (non-hydrogen) atoms. The standard InChI is InChI=1S/C36H54N2O2.ClH.Mn/c1-33(2,3)25-17-23(31(39)27(19-25)35(7,8)9)21-37-29-15-13-14-16-30(29)38-22-24-18-26(34(4,5)6)20-28(32(24)40)36(10,11)12;;/h17-22,29-30,39-40H,13-16H2,1-12H3;1H;/p-1. The van der Waals surface area contributed by atoms with Gasteiger partial charge >= 0.3 is 0 Å². The molecule has 0 aliphatic heterocycles. The molecule has 235 valence electrons. The van der Waals surface area contributed by atoms with Crippen molar-refractivity contribution in [1.29, 1.82) is 0 Å². The van der Waals surface area contributed by atoms with Crippen LogP contribution >= 0.6 is 0 Å². The van der Waals surface area contributed by atoms with Gasteiger partial charge in [-0.3, -0.25) is 9.98 Å². The molecule has 3 rings (SSSR count). The number of rotatable bonds is 4. The van der Waals surface area contributed by atoms with Crippen molar-refractivity contribution in [2.75, 3.05) is 0 Å². The van der Waals surface area contributed by atoms with Gasteiger partial charge in [0.05, 0.1) is 12.1 Å². The molecule has 0 bridgehead atoms. The Morgan fingerprint density at radius 2 is 0.881 bits per heavy atom. The van der Waals surface area contributed by atoms with Gasteiger partial charge in [0.2, 0.25) is 0 Å². The summed E-state index contributed by atoms with van der Waals surface area (Å²) in [6, 6.07) is 8.53. The molecule has 2 N–H and O–H groups in total. The Kier molecular flexibility index (Phi) is 12.6. The van der Waals surface area contributed by atoms with Crippen molar-refractivity contribution in [1.82, 2.24) is 0 Å². The molecule has 0 saturated heterocycles. The predicted molar refractivity (Wildman–Crippen MR) is 172 cm³/mol. The summed E-state index contributed by atoms with van der Waals surface area (Å²) in [5.41, 5.74) is 5.39. The zero-order chi connectivity index (χ0) is 30.3. The third-order valence-corrected chi connectivity index (χ3v) is 8.13. The molecule has 1 radical (unpaired) electrons. The van der Waals surface area contributed by atoms with E-state index in [1.807, 2.05) is 12.4 Å². The number of benzene rings is 2. The molecule has 1 saturated carbocycles. The van der Waals surface area contributed by atoms with E-state index in [1.54, 1.807) is 0 Å². The van der Waals surface area contributed by atoms with Crippen LogP contribution in [0.1, 0.15) is 142 Å². The maximum absolute atomic E-state index is 11.2. The molecule has 1 fully saturated rings. The molecule has 0 spiro atoms. The van der Waals surface area contributed by atoms with Crippen LogP contribution in [0.3, 0.4) is 0 Å². The van der Waals surface area contributed by atoms with E-state index in [4.69, 9.17) is 9.98 Å². The first-order chi connectivity index (χ1) is 18.2. The van der Waals surface area contributed by atoms with Crippen LogP contribution in [0.5, 0.6) is 11.5 Å². The summed E-state index contributed by atoms with van der Waals surface area (Å²) in [6.45, 7) is 26.0. The molecule has 1 aliphatic rings. The second-order valence-corrected chi connectivity index (χ2v) is 15.9. The van der Waals surface area contributed by atoms with Gasteiger partial charge < -0.3 is 22.6 Å². The molecular weight excluding hydrogens is 583 g/mol. The number of aliphatic imine (C=N–C) groups is 2. The van der Waals surface area contributed by atoms with Crippen LogP contribution in [0.4, 0.5) is 0 Å². The van der Waals surface area contributed by atoms with Crippen molar-refractivity contribution >= 4 is 12.4 Å². The summed E-state index contributed by atoms with van der Waals surface area (Å²) in [4.78, 5) is 10.1. The Bertz CT molecular complexity index is 1170. The van der Waals surface area contributed by atoms with Crippen LogP contribution in [-0.2, 0) is 38.7 Å². The van der Waals surface area contributed by atoms with Gasteiger partial charge in [0.15, 0.2) is 0 Å². The number of phenols is 2. The van der Waals surface area contributed by atoms with E-state index in [0.29, 0.717) is 11.5 Å². The fraction of sp³-hybridized carbons (Fsp3) is 0.611. The van der Waals surface area contributed by atoms with Gasteiger partial charge in [-0.2, -0.15) is 0 Å². The van der Waals surface area contributed by atoms with Gasteiger partial charge in [-0.15, -0.1) is 0 Å². The van der Waals surface area contributed by atoms with Crippen LogP contribution in [0.25, 0.3) is 0 Å². The van der Waals surface area contributed by atoms with E-state index in [-0.39, 0.29) is 63.2 Å². The Morgan fingerprint density at radius 1 is 0.571 bits per heavy atom. The fourth-order valence-corrected chi connectivity index (χ4v) is 5.31. The van der Waals surface area contributed by atoms with Crippen molar-refractivity contribution < 1.29 is 39.7 Å². The zero-order valence-electron chi connectivity index (χ0n) is 28.0. The van der Waals surface area contributed by atoms with Gasteiger partial charge in [-0.25, -0.2) is 0 Å². The van der Waals surface area contributed by atoms with Crippen LogP contribution in [0, 0.1) is 0 Å². The van der Waals surface area contributed by atoms with Gasteiger partial charge in [-0.1, -0.05) is 108 Å². The number of hydrogen-bond donors (Lipinski definition) is 2. The number of aromatic hydroxyl groups is 2. The van der Waals surface area contributed by atoms with Gasteiger partial charge in [-0.05, 0) is 57.8 Å². The number of nitrogens with zero attached hydrogens (tertiary/aromatic N) is 2. The first-order valence-corrected chi connectivity index (χ1v) is 15.0. The third kappa shape index (κ3) is 9.34.